The molecule has 0 aliphatic carbocycles. The van der Waals surface area contributed by atoms with Crippen molar-refractivity contribution in [3.63, 3.8) is 0 Å². The molecule has 0 fully saturated rings. The lowest BCUT2D eigenvalue weighted by molar-refractivity contribution is 0.433. The second kappa shape index (κ2) is 5.91. The van der Waals surface area contributed by atoms with E-state index in [0.717, 1.165) is 30.7 Å². The van der Waals surface area contributed by atoms with Crippen LogP contribution in [0.25, 0.3) is 5.65 Å². The summed E-state index contributed by atoms with van der Waals surface area (Å²) >= 11 is 0. The Balaban J connectivity index is 2.25. The van der Waals surface area contributed by atoms with Crippen LogP contribution in [0, 0.1) is 0 Å². The van der Waals surface area contributed by atoms with Gasteiger partial charge in [0.1, 0.15) is 6.33 Å². The maximum Gasteiger partial charge on any atom is 0.182 e. The van der Waals surface area contributed by atoms with Crippen molar-refractivity contribution in [3.8, 4) is 0 Å². The number of fused-ring (bicyclic) bond motifs is 1. The van der Waals surface area contributed by atoms with Gasteiger partial charge in [-0.2, -0.15) is 0 Å². The molecule has 0 saturated carbocycles. The van der Waals surface area contributed by atoms with Crippen LogP contribution in [0.5, 0.6) is 0 Å². The summed E-state index contributed by atoms with van der Waals surface area (Å²) in [5.74, 6) is 0.328. The first-order chi connectivity index (χ1) is 8.77. The lowest BCUT2D eigenvalue weighted by Crippen LogP contribution is -2.34. The molecule has 1 N–H and O–H groups in total. The zero-order valence-electron chi connectivity index (χ0n) is 11.3. The summed E-state index contributed by atoms with van der Waals surface area (Å²) in [5.41, 5.74) is 1.88. The van der Waals surface area contributed by atoms with Crippen molar-refractivity contribution in [1.82, 2.24) is 24.9 Å². The van der Waals surface area contributed by atoms with Crippen molar-refractivity contribution < 1.29 is 0 Å². The van der Waals surface area contributed by atoms with E-state index in [-0.39, 0.29) is 0 Å². The molecule has 0 spiro atoms. The molecule has 2 atom stereocenters. The highest BCUT2D eigenvalue weighted by Gasteiger charge is 2.21. The Morgan fingerprint density at radius 2 is 2.22 bits per heavy atom. The molecular formula is C13H21N5. The molecule has 5 heteroatoms. The molecule has 98 valence electrons. The van der Waals surface area contributed by atoms with Gasteiger partial charge in [0.15, 0.2) is 5.65 Å². The third-order valence-corrected chi connectivity index (χ3v) is 3.37. The van der Waals surface area contributed by atoms with E-state index in [4.69, 9.17) is 0 Å². The third-order valence-electron chi connectivity index (χ3n) is 3.37. The van der Waals surface area contributed by atoms with Gasteiger partial charge in [0.25, 0.3) is 0 Å². The van der Waals surface area contributed by atoms with Crippen molar-refractivity contribution in [2.75, 3.05) is 6.54 Å². The second-order valence-corrected chi connectivity index (χ2v) is 4.63. The fraction of sp³-hybridized carbons (Fsp3) is 0.615. The lowest BCUT2D eigenvalue weighted by Gasteiger charge is -2.23. The van der Waals surface area contributed by atoms with E-state index in [1.807, 2.05) is 16.8 Å². The van der Waals surface area contributed by atoms with Gasteiger partial charge < -0.3 is 5.32 Å². The van der Waals surface area contributed by atoms with Gasteiger partial charge in [-0.25, -0.2) is 0 Å². The van der Waals surface area contributed by atoms with Gasteiger partial charge in [-0.1, -0.05) is 20.8 Å². The van der Waals surface area contributed by atoms with Crippen LogP contribution in [-0.4, -0.2) is 32.2 Å². The van der Waals surface area contributed by atoms with Crippen molar-refractivity contribution in [2.24, 2.45) is 0 Å². The smallest absolute Gasteiger partial charge is 0.182 e. The largest absolute Gasteiger partial charge is 0.313 e. The molecule has 0 saturated heterocycles. The molecule has 0 aliphatic heterocycles. The standard InChI is InChI=1S/C13H21N5/c1-4-6-14-11(5-2)10(3)12-13-17-16-9-18(13)8-7-15-12/h7-11,14H,4-6H2,1-3H3. The monoisotopic (exact) mass is 247 g/mol. The Labute approximate surface area is 108 Å². The fourth-order valence-corrected chi connectivity index (χ4v) is 2.29. The van der Waals surface area contributed by atoms with E-state index in [2.05, 4.69) is 41.3 Å². The van der Waals surface area contributed by atoms with Gasteiger partial charge >= 0.3 is 0 Å². The summed E-state index contributed by atoms with van der Waals surface area (Å²) in [5, 5.41) is 11.7. The van der Waals surface area contributed by atoms with Gasteiger partial charge in [-0.15, -0.1) is 10.2 Å². The molecule has 5 nitrogen and oxygen atoms in total. The first kappa shape index (κ1) is 13.0. The first-order valence-electron chi connectivity index (χ1n) is 6.65. The van der Waals surface area contributed by atoms with Crippen LogP contribution < -0.4 is 5.32 Å². The van der Waals surface area contributed by atoms with Crippen molar-refractivity contribution >= 4 is 5.65 Å². The Bertz CT molecular complexity index is 493. The summed E-state index contributed by atoms with van der Waals surface area (Å²) in [7, 11) is 0. The van der Waals surface area contributed by atoms with Gasteiger partial charge in [-0.3, -0.25) is 9.38 Å². The van der Waals surface area contributed by atoms with Crippen LogP contribution in [0.2, 0.25) is 0 Å². The van der Waals surface area contributed by atoms with Crippen LogP contribution in [-0.2, 0) is 0 Å². The molecule has 18 heavy (non-hydrogen) atoms. The van der Waals surface area contributed by atoms with Crippen LogP contribution in [0.1, 0.15) is 45.2 Å². The minimum absolute atomic E-state index is 0.328. The second-order valence-electron chi connectivity index (χ2n) is 4.63. The fourth-order valence-electron chi connectivity index (χ4n) is 2.29. The SMILES string of the molecule is CCCNC(CC)C(C)c1nccn2cnnc12. The van der Waals surface area contributed by atoms with E-state index in [1.54, 1.807) is 6.33 Å². The van der Waals surface area contributed by atoms with E-state index in [0.29, 0.717) is 12.0 Å². The number of nitrogens with zero attached hydrogens (tertiary/aromatic N) is 4. The zero-order chi connectivity index (χ0) is 13.0. The number of nitrogens with one attached hydrogen (secondary N) is 1. The average molecular weight is 247 g/mol. The van der Waals surface area contributed by atoms with Gasteiger partial charge in [0.2, 0.25) is 0 Å². The summed E-state index contributed by atoms with van der Waals surface area (Å²) in [6, 6.07) is 0.431. The van der Waals surface area contributed by atoms with Crippen molar-refractivity contribution in [2.45, 2.75) is 45.6 Å². The lowest BCUT2D eigenvalue weighted by atomic mass is 9.96. The maximum absolute atomic E-state index is 4.49. The first-order valence-corrected chi connectivity index (χ1v) is 6.65. The van der Waals surface area contributed by atoms with Gasteiger partial charge in [-0.05, 0) is 19.4 Å². The molecule has 0 aromatic carbocycles. The zero-order valence-corrected chi connectivity index (χ0v) is 11.3. The highest BCUT2D eigenvalue weighted by Crippen LogP contribution is 2.22. The Morgan fingerprint density at radius 3 is 2.94 bits per heavy atom. The minimum atomic E-state index is 0.328. The van der Waals surface area contributed by atoms with E-state index in [9.17, 15) is 0 Å². The molecular weight excluding hydrogens is 226 g/mol. The number of aromatic nitrogens is 4. The van der Waals surface area contributed by atoms with Crippen molar-refractivity contribution in [1.29, 1.82) is 0 Å². The molecule has 0 amide bonds. The topological polar surface area (TPSA) is 55.1 Å². The maximum atomic E-state index is 4.49. The minimum Gasteiger partial charge on any atom is -0.313 e. The quantitative estimate of drug-likeness (QED) is 0.848. The highest BCUT2D eigenvalue weighted by atomic mass is 15.2. The molecule has 0 radical (unpaired) electrons. The van der Waals surface area contributed by atoms with Crippen LogP contribution in [0.3, 0.4) is 0 Å². The summed E-state index contributed by atoms with van der Waals surface area (Å²) in [6.45, 7) is 7.63. The number of hydrogen-bond acceptors (Lipinski definition) is 4. The van der Waals surface area contributed by atoms with E-state index in [1.165, 1.54) is 0 Å². The molecule has 2 aromatic heterocycles. The van der Waals surface area contributed by atoms with E-state index >= 15 is 0 Å². The normalized spacial score (nSPS) is 14.8. The number of rotatable bonds is 6. The molecule has 2 unspecified atom stereocenters. The van der Waals surface area contributed by atoms with Crippen LogP contribution >= 0.6 is 0 Å². The third kappa shape index (κ3) is 2.51. The Kier molecular flexibility index (Phi) is 4.25. The Morgan fingerprint density at radius 1 is 1.39 bits per heavy atom. The van der Waals surface area contributed by atoms with Gasteiger partial charge in [0, 0.05) is 24.4 Å². The Hall–Kier alpha value is -1.49. The molecule has 2 rings (SSSR count). The van der Waals surface area contributed by atoms with Crippen LogP contribution in [0.4, 0.5) is 0 Å². The van der Waals surface area contributed by atoms with E-state index < -0.39 is 0 Å². The molecule has 0 bridgehead atoms. The number of hydrogen-bond donors (Lipinski definition) is 1. The summed E-state index contributed by atoms with van der Waals surface area (Å²) < 4.78 is 1.92. The summed E-state index contributed by atoms with van der Waals surface area (Å²) in [4.78, 5) is 4.49. The highest BCUT2D eigenvalue weighted by molar-refractivity contribution is 5.44. The molecule has 0 aliphatic rings. The molecule has 2 heterocycles. The van der Waals surface area contributed by atoms with Gasteiger partial charge in [0.05, 0.1) is 5.69 Å². The summed E-state index contributed by atoms with van der Waals surface area (Å²) in [6.07, 6.45) is 7.64. The predicted octanol–water partition coefficient (Wildman–Crippen LogP) is 2.01. The van der Waals surface area contributed by atoms with Crippen LogP contribution in [0.15, 0.2) is 18.7 Å². The molecule has 2 aromatic rings. The average Bonchev–Trinajstić information content (AvgIpc) is 2.87. The predicted molar refractivity (Wildman–Crippen MR) is 71.6 cm³/mol. The van der Waals surface area contributed by atoms with Crippen molar-refractivity contribution in [3.05, 3.63) is 24.4 Å².